The highest BCUT2D eigenvalue weighted by molar-refractivity contribution is 14.1. The van der Waals surface area contributed by atoms with Crippen molar-refractivity contribution in [1.29, 1.82) is 0 Å². The predicted molar refractivity (Wildman–Crippen MR) is 100 cm³/mol. The summed E-state index contributed by atoms with van der Waals surface area (Å²) in [6.07, 6.45) is 0.678. The van der Waals surface area contributed by atoms with Gasteiger partial charge in [0.25, 0.3) is 5.91 Å². The molecule has 0 aromatic heterocycles. The molecule has 1 unspecified atom stereocenters. The second-order valence-corrected chi connectivity index (χ2v) is 8.00. The lowest BCUT2D eigenvalue weighted by molar-refractivity contribution is -0.136. The van der Waals surface area contributed by atoms with E-state index in [-0.39, 0.29) is 24.1 Å². The van der Waals surface area contributed by atoms with Gasteiger partial charge in [-0.25, -0.2) is 3.11 Å². The van der Waals surface area contributed by atoms with Crippen LogP contribution in [0.2, 0.25) is 0 Å². The van der Waals surface area contributed by atoms with Crippen LogP contribution in [-0.4, -0.2) is 58.0 Å². The Kier molecular flexibility index (Phi) is 4.40. The Labute approximate surface area is 159 Å². The zero-order valence-electron chi connectivity index (χ0n) is 13.7. The Bertz CT molecular complexity index is 745. The van der Waals surface area contributed by atoms with Crippen molar-refractivity contribution in [2.45, 2.75) is 25.4 Å². The quantitative estimate of drug-likeness (QED) is 0.409. The van der Waals surface area contributed by atoms with Crippen molar-refractivity contribution in [2.24, 2.45) is 0 Å². The second-order valence-electron chi connectivity index (χ2n) is 6.64. The zero-order chi connectivity index (χ0) is 17.6. The maximum atomic E-state index is 12.8. The van der Waals surface area contributed by atoms with Gasteiger partial charge in [0.05, 0.1) is 0 Å². The molecule has 1 aromatic rings. The first kappa shape index (κ1) is 16.8. The van der Waals surface area contributed by atoms with Crippen molar-refractivity contribution < 1.29 is 14.4 Å². The molecule has 1 aromatic carbocycles. The molecule has 3 aliphatic heterocycles. The third kappa shape index (κ3) is 3.12. The minimum atomic E-state index is -0.552. The molecule has 8 heteroatoms. The predicted octanol–water partition coefficient (Wildman–Crippen LogP) is 0.920. The van der Waals surface area contributed by atoms with Gasteiger partial charge in [-0.2, -0.15) is 0 Å². The summed E-state index contributed by atoms with van der Waals surface area (Å²) in [6.45, 7) is 4.30. The van der Waals surface area contributed by atoms with Gasteiger partial charge in [0.15, 0.2) is 0 Å². The van der Waals surface area contributed by atoms with Gasteiger partial charge in [-0.3, -0.25) is 19.7 Å². The summed E-state index contributed by atoms with van der Waals surface area (Å²) in [5.74, 6) is -0.739. The molecule has 0 saturated carbocycles. The van der Waals surface area contributed by atoms with E-state index in [2.05, 4.69) is 42.3 Å². The van der Waals surface area contributed by atoms with E-state index < -0.39 is 6.04 Å². The molecule has 3 aliphatic rings. The maximum Gasteiger partial charge on any atom is 0.255 e. The third-order valence-corrected chi connectivity index (χ3v) is 6.07. The standard InChI is InChI=1S/C17H19IN4O3/c18-21-7-5-20(6-8-21)12-2-1-11-10-22(17(25)13(11)9-12)14-3-4-15(23)19-16(14)24/h1-2,9,14H,3-8,10H2,(H,19,23,24). The first-order valence-electron chi connectivity index (χ1n) is 8.46. The Morgan fingerprint density at radius 3 is 2.56 bits per heavy atom. The highest BCUT2D eigenvalue weighted by Crippen LogP contribution is 2.31. The summed E-state index contributed by atoms with van der Waals surface area (Å²) in [5, 5.41) is 2.34. The minimum absolute atomic E-state index is 0.112. The Hall–Kier alpha value is -1.68. The number of piperidine rings is 1. The molecule has 7 nitrogen and oxygen atoms in total. The summed E-state index contributed by atoms with van der Waals surface area (Å²) in [6, 6.07) is 5.45. The molecule has 2 fully saturated rings. The minimum Gasteiger partial charge on any atom is -0.369 e. The van der Waals surface area contributed by atoms with Crippen LogP contribution in [-0.2, 0) is 16.1 Å². The molecule has 1 N–H and O–H groups in total. The van der Waals surface area contributed by atoms with E-state index in [0.717, 1.165) is 37.4 Å². The Balaban J connectivity index is 1.54. The fourth-order valence-corrected chi connectivity index (χ4v) is 4.11. The second kappa shape index (κ2) is 6.56. The number of anilines is 1. The number of hydrogen-bond donors (Lipinski definition) is 1. The van der Waals surface area contributed by atoms with E-state index in [9.17, 15) is 14.4 Å². The molecule has 132 valence electrons. The Morgan fingerprint density at radius 2 is 1.84 bits per heavy atom. The van der Waals surface area contributed by atoms with Gasteiger partial charge >= 0.3 is 0 Å². The van der Waals surface area contributed by atoms with Crippen molar-refractivity contribution in [2.75, 3.05) is 31.1 Å². The summed E-state index contributed by atoms with van der Waals surface area (Å²) in [5.41, 5.74) is 2.69. The molecular weight excluding hydrogens is 435 g/mol. The number of amides is 3. The Morgan fingerprint density at radius 1 is 1.08 bits per heavy atom. The van der Waals surface area contributed by atoms with Crippen LogP contribution in [0.1, 0.15) is 28.8 Å². The number of imide groups is 1. The van der Waals surface area contributed by atoms with Crippen LogP contribution >= 0.6 is 22.9 Å². The lowest BCUT2D eigenvalue weighted by atomic mass is 10.0. The number of nitrogens with one attached hydrogen (secondary N) is 1. The first-order valence-corrected chi connectivity index (χ1v) is 9.42. The number of halogens is 1. The van der Waals surface area contributed by atoms with Crippen LogP contribution in [0, 0.1) is 0 Å². The molecule has 4 rings (SSSR count). The summed E-state index contributed by atoms with van der Waals surface area (Å²) in [7, 11) is 0. The first-order chi connectivity index (χ1) is 12.0. The van der Waals surface area contributed by atoms with Crippen molar-refractivity contribution in [3.63, 3.8) is 0 Å². The SMILES string of the molecule is O=C1CCC(N2Cc3ccc(N4CCN(I)CC4)cc3C2=O)C(=O)N1. The van der Waals surface area contributed by atoms with E-state index in [1.165, 1.54) is 0 Å². The summed E-state index contributed by atoms with van der Waals surface area (Å²) >= 11 is 2.33. The molecule has 0 spiro atoms. The lowest BCUT2D eigenvalue weighted by Gasteiger charge is -2.33. The molecule has 3 amide bonds. The van der Waals surface area contributed by atoms with Gasteiger partial charge in [0, 0.05) is 73.3 Å². The van der Waals surface area contributed by atoms with Gasteiger partial charge in [-0.1, -0.05) is 6.07 Å². The zero-order valence-corrected chi connectivity index (χ0v) is 15.9. The third-order valence-electron chi connectivity index (χ3n) is 5.10. The number of hydrogen-bond acceptors (Lipinski definition) is 5. The average Bonchev–Trinajstić information content (AvgIpc) is 2.92. The summed E-state index contributed by atoms with van der Waals surface area (Å²) < 4.78 is 2.26. The highest BCUT2D eigenvalue weighted by Gasteiger charge is 2.39. The molecule has 0 aliphatic carbocycles. The van der Waals surface area contributed by atoms with Crippen LogP contribution in [0.3, 0.4) is 0 Å². The maximum absolute atomic E-state index is 12.8. The van der Waals surface area contributed by atoms with E-state index >= 15 is 0 Å². The van der Waals surface area contributed by atoms with Gasteiger partial charge in [0.1, 0.15) is 6.04 Å². The van der Waals surface area contributed by atoms with Crippen LogP contribution in [0.4, 0.5) is 5.69 Å². The molecule has 25 heavy (non-hydrogen) atoms. The van der Waals surface area contributed by atoms with Crippen molar-refractivity contribution in [3.8, 4) is 0 Å². The fourth-order valence-electron chi connectivity index (χ4n) is 3.68. The molecule has 1 atom stereocenters. The van der Waals surface area contributed by atoms with Crippen LogP contribution in [0.25, 0.3) is 0 Å². The van der Waals surface area contributed by atoms with E-state index in [1.54, 1.807) is 4.90 Å². The van der Waals surface area contributed by atoms with Crippen LogP contribution in [0.15, 0.2) is 18.2 Å². The van der Waals surface area contributed by atoms with Crippen LogP contribution in [0.5, 0.6) is 0 Å². The average molecular weight is 454 g/mol. The smallest absolute Gasteiger partial charge is 0.255 e. The number of nitrogens with zero attached hydrogens (tertiary/aromatic N) is 3. The largest absolute Gasteiger partial charge is 0.369 e. The highest BCUT2D eigenvalue weighted by atomic mass is 127. The number of fused-ring (bicyclic) bond motifs is 1. The van der Waals surface area contributed by atoms with E-state index in [0.29, 0.717) is 18.5 Å². The van der Waals surface area contributed by atoms with Crippen molar-refractivity contribution >= 4 is 46.3 Å². The fraction of sp³-hybridized carbons (Fsp3) is 0.471. The van der Waals surface area contributed by atoms with Gasteiger partial charge in [-0.05, 0) is 24.1 Å². The molecule has 0 bridgehead atoms. The molecule has 3 heterocycles. The van der Waals surface area contributed by atoms with Crippen molar-refractivity contribution in [1.82, 2.24) is 13.3 Å². The number of benzene rings is 1. The molecule has 2 saturated heterocycles. The van der Waals surface area contributed by atoms with Gasteiger partial charge in [0.2, 0.25) is 11.8 Å². The number of carbonyl (C=O) groups excluding carboxylic acids is 3. The van der Waals surface area contributed by atoms with E-state index in [4.69, 9.17) is 0 Å². The van der Waals surface area contributed by atoms with Gasteiger partial charge in [-0.15, -0.1) is 0 Å². The molecule has 0 radical (unpaired) electrons. The van der Waals surface area contributed by atoms with Crippen molar-refractivity contribution in [3.05, 3.63) is 29.3 Å². The van der Waals surface area contributed by atoms with Gasteiger partial charge < -0.3 is 9.80 Å². The van der Waals surface area contributed by atoms with Crippen LogP contribution < -0.4 is 10.2 Å². The number of carbonyl (C=O) groups is 3. The topological polar surface area (TPSA) is 73.0 Å². The normalized spacial score (nSPS) is 24.5. The number of piperazine rings is 1. The molecular formula is C17H19IN4O3. The monoisotopic (exact) mass is 454 g/mol. The number of rotatable bonds is 2. The lowest BCUT2D eigenvalue weighted by Crippen LogP contribution is -2.52. The summed E-state index contributed by atoms with van der Waals surface area (Å²) in [4.78, 5) is 40.2. The van der Waals surface area contributed by atoms with E-state index in [1.807, 2.05) is 12.1 Å².